The van der Waals surface area contributed by atoms with Gasteiger partial charge in [-0.3, -0.25) is 14.4 Å². The highest BCUT2D eigenvalue weighted by atomic mass is 16.7. The second-order valence-corrected chi connectivity index (χ2v) is 3.54. The summed E-state index contributed by atoms with van der Waals surface area (Å²) in [5.41, 5.74) is 0. The van der Waals surface area contributed by atoms with Crippen molar-refractivity contribution in [3.63, 3.8) is 0 Å². The molecule has 1 heterocycles. The quantitative estimate of drug-likeness (QED) is 0.722. The summed E-state index contributed by atoms with van der Waals surface area (Å²) in [7, 11) is 0. The van der Waals surface area contributed by atoms with Gasteiger partial charge in [0.1, 0.15) is 0 Å². The number of hydrogen-bond acceptors (Lipinski definition) is 3. The van der Waals surface area contributed by atoms with Gasteiger partial charge >= 0.3 is 5.97 Å². The lowest BCUT2D eigenvalue weighted by Crippen LogP contribution is -2.36. The number of nitrogens with zero attached hydrogens (tertiary/aromatic N) is 1. The summed E-state index contributed by atoms with van der Waals surface area (Å²) in [5, 5.41) is 10.0. The van der Waals surface area contributed by atoms with Crippen LogP contribution >= 0.6 is 0 Å². The second-order valence-electron chi connectivity index (χ2n) is 3.54. The van der Waals surface area contributed by atoms with Gasteiger partial charge in [-0.15, -0.1) is 0 Å². The van der Waals surface area contributed by atoms with Gasteiger partial charge in [-0.1, -0.05) is 13.8 Å². The van der Waals surface area contributed by atoms with Crippen LogP contribution in [0.5, 0.6) is 0 Å². The SMILES string of the molecule is CC(C(=O)O)C(C)C(=O)N1CCCO1. The van der Waals surface area contributed by atoms with Crippen molar-refractivity contribution in [3.05, 3.63) is 0 Å². The topological polar surface area (TPSA) is 66.8 Å². The molecule has 0 bridgehead atoms. The molecule has 1 amide bonds. The van der Waals surface area contributed by atoms with Gasteiger partial charge in [-0.05, 0) is 6.42 Å². The summed E-state index contributed by atoms with van der Waals surface area (Å²) < 4.78 is 0. The fourth-order valence-electron chi connectivity index (χ4n) is 1.28. The lowest BCUT2D eigenvalue weighted by atomic mass is 9.95. The first-order valence-corrected chi connectivity index (χ1v) is 4.71. The van der Waals surface area contributed by atoms with Gasteiger partial charge in [0.15, 0.2) is 0 Å². The number of carbonyl (C=O) groups excluding carboxylic acids is 1. The number of carboxylic acid groups (broad SMARTS) is 1. The van der Waals surface area contributed by atoms with Crippen molar-refractivity contribution < 1.29 is 19.5 Å². The standard InChI is InChI=1S/C9H15NO4/c1-6(7(2)9(12)13)8(11)10-4-3-5-14-10/h6-7H,3-5H2,1-2H3,(H,12,13). The molecular weight excluding hydrogens is 186 g/mol. The van der Waals surface area contributed by atoms with E-state index in [-0.39, 0.29) is 5.91 Å². The summed E-state index contributed by atoms with van der Waals surface area (Å²) in [4.78, 5) is 27.3. The third kappa shape index (κ3) is 2.23. The van der Waals surface area contributed by atoms with Gasteiger partial charge in [0.2, 0.25) is 5.91 Å². The smallest absolute Gasteiger partial charge is 0.307 e. The van der Waals surface area contributed by atoms with Gasteiger partial charge in [0.25, 0.3) is 0 Å². The van der Waals surface area contributed by atoms with Crippen LogP contribution in [-0.2, 0) is 14.4 Å². The predicted octanol–water partition coefficient (Wildman–Crippen LogP) is 0.507. The van der Waals surface area contributed by atoms with Crippen molar-refractivity contribution in [2.24, 2.45) is 11.8 Å². The molecule has 0 radical (unpaired) electrons. The van der Waals surface area contributed by atoms with E-state index in [1.54, 1.807) is 6.92 Å². The van der Waals surface area contributed by atoms with Crippen LogP contribution in [-0.4, -0.2) is 35.2 Å². The Morgan fingerprint density at radius 3 is 2.43 bits per heavy atom. The molecule has 2 unspecified atom stereocenters. The molecule has 14 heavy (non-hydrogen) atoms. The molecule has 0 aliphatic carbocycles. The Morgan fingerprint density at radius 2 is 2.00 bits per heavy atom. The predicted molar refractivity (Wildman–Crippen MR) is 48.2 cm³/mol. The molecule has 1 saturated heterocycles. The Labute approximate surface area is 82.6 Å². The normalized spacial score (nSPS) is 20.6. The van der Waals surface area contributed by atoms with E-state index in [1.165, 1.54) is 12.0 Å². The first kappa shape index (κ1) is 11.0. The van der Waals surface area contributed by atoms with E-state index in [0.717, 1.165) is 6.42 Å². The molecule has 0 aromatic carbocycles. The summed E-state index contributed by atoms with van der Waals surface area (Å²) >= 11 is 0. The first-order chi connectivity index (χ1) is 6.54. The van der Waals surface area contributed by atoms with Crippen LogP contribution in [0.4, 0.5) is 0 Å². The molecule has 2 atom stereocenters. The van der Waals surface area contributed by atoms with Crippen LogP contribution in [0.3, 0.4) is 0 Å². The van der Waals surface area contributed by atoms with Crippen molar-refractivity contribution >= 4 is 11.9 Å². The maximum absolute atomic E-state index is 11.6. The molecule has 1 aliphatic rings. The zero-order chi connectivity index (χ0) is 10.7. The fraction of sp³-hybridized carbons (Fsp3) is 0.778. The number of rotatable bonds is 3. The molecule has 5 heteroatoms. The zero-order valence-corrected chi connectivity index (χ0v) is 8.40. The third-order valence-corrected chi connectivity index (χ3v) is 2.53. The molecule has 80 valence electrons. The zero-order valence-electron chi connectivity index (χ0n) is 8.40. The lowest BCUT2D eigenvalue weighted by Gasteiger charge is -2.21. The van der Waals surface area contributed by atoms with Crippen LogP contribution < -0.4 is 0 Å². The van der Waals surface area contributed by atoms with Gasteiger partial charge < -0.3 is 5.11 Å². The minimum Gasteiger partial charge on any atom is -0.481 e. The van der Waals surface area contributed by atoms with Gasteiger partial charge in [-0.2, -0.15) is 0 Å². The minimum atomic E-state index is -0.954. The van der Waals surface area contributed by atoms with Gasteiger partial charge in [-0.25, -0.2) is 5.06 Å². The van der Waals surface area contributed by atoms with E-state index in [2.05, 4.69) is 0 Å². The van der Waals surface area contributed by atoms with Crippen LogP contribution in [0, 0.1) is 11.8 Å². The molecule has 0 aromatic heterocycles. The second kappa shape index (κ2) is 4.41. The van der Waals surface area contributed by atoms with Crippen LogP contribution in [0.1, 0.15) is 20.3 Å². The van der Waals surface area contributed by atoms with Gasteiger partial charge in [0, 0.05) is 0 Å². The maximum atomic E-state index is 11.6. The van der Waals surface area contributed by atoms with E-state index in [0.29, 0.717) is 13.2 Å². The Morgan fingerprint density at radius 1 is 1.36 bits per heavy atom. The van der Waals surface area contributed by atoms with E-state index in [9.17, 15) is 9.59 Å². The van der Waals surface area contributed by atoms with Crippen molar-refractivity contribution in [2.45, 2.75) is 20.3 Å². The average molecular weight is 201 g/mol. The number of carbonyl (C=O) groups is 2. The molecule has 0 spiro atoms. The van der Waals surface area contributed by atoms with Crippen molar-refractivity contribution in [3.8, 4) is 0 Å². The molecule has 1 fully saturated rings. The summed E-state index contributed by atoms with van der Waals surface area (Å²) in [6.45, 7) is 4.25. The minimum absolute atomic E-state index is 0.239. The number of amides is 1. The Bertz CT molecular complexity index is 235. The van der Waals surface area contributed by atoms with E-state index < -0.39 is 17.8 Å². The van der Waals surface area contributed by atoms with Crippen molar-refractivity contribution in [1.29, 1.82) is 0 Å². The fourth-order valence-corrected chi connectivity index (χ4v) is 1.28. The van der Waals surface area contributed by atoms with Crippen molar-refractivity contribution in [2.75, 3.05) is 13.2 Å². The Balaban J connectivity index is 2.54. The molecule has 1 aliphatic heterocycles. The van der Waals surface area contributed by atoms with Gasteiger partial charge in [0.05, 0.1) is 25.0 Å². The molecule has 0 aromatic rings. The Kier molecular flexibility index (Phi) is 3.46. The third-order valence-electron chi connectivity index (χ3n) is 2.53. The molecular formula is C9H15NO4. The van der Waals surface area contributed by atoms with E-state index in [4.69, 9.17) is 9.94 Å². The number of aliphatic carboxylic acids is 1. The number of hydrogen-bond donors (Lipinski definition) is 1. The maximum Gasteiger partial charge on any atom is 0.307 e. The lowest BCUT2D eigenvalue weighted by molar-refractivity contribution is -0.176. The van der Waals surface area contributed by atoms with Crippen LogP contribution in [0.25, 0.3) is 0 Å². The largest absolute Gasteiger partial charge is 0.481 e. The summed E-state index contributed by atoms with van der Waals surface area (Å²) in [6, 6.07) is 0. The van der Waals surface area contributed by atoms with Crippen molar-refractivity contribution in [1.82, 2.24) is 5.06 Å². The van der Waals surface area contributed by atoms with E-state index in [1.807, 2.05) is 0 Å². The molecule has 0 saturated carbocycles. The summed E-state index contributed by atoms with van der Waals surface area (Å²) in [6.07, 6.45) is 0.819. The van der Waals surface area contributed by atoms with Crippen LogP contribution in [0.15, 0.2) is 0 Å². The highest BCUT2D eigenvalue weighted by Gasteiger charge is 2.31. The highest BCUT2D eigenvalue weighted by Crippen LogP contribution is 2.17. The average Bonchev–Trinajstić information content (AvgIpc) is 2.67. The number of carboxylic acids is 1. The van der Waals surface area contributed by atoms with Crippen LogP contribution in [0.2, 0.25) is 0 Å². The molecule has 1 N–H and O–H groups in total. The highest BCUT2D eigenvalue weighted by molar-refractivity contribution is 5.83. The molecule has 1 rings (SSSR count). The number of hydroxylamine groups is 2. The molecule has 5 nitrogen and oxygen atoms in total. The first-order valence-electron chi connectivity index (χ1n) is 4.71. The monoisotopic (exact) mass is 201 g/mol. The van der Waals surface area contributed by atoms with E-state index >= 15 is 0 Å². The Hall–Kier alpha value is -1.10. The summed E-state index contributed by atoms with van der Waals surface area (Å²) in [5.74, 6) is -2.40.